The predicted octanol–water partition coefficient (Wildman–Crippen LogP) is 2.45. The summed E-state index contributed by atoms with van der Waals surface area (Å²) in [6.45, 7) is 10.8. The summed E-state index contributed by atoms with van der Waals surface area (Å²) in [5, 5.41) is 6.81. The van der Waals surface area contributed by atoms with E-state index in [4.69, 9.17) is 14.0 Å². The van der Waals surface area contributed by atoms with Gasteiger partial charge in [0, 0.05) is 36.9 Å². The molecular formula is C29H37ClN4O5. The lowest BCUT2D eigenvalue weighted by Gasteiger charge is -2.51. The van der Waals surface area contributed by atoms with Crippen molar-refractivity contribution < 1.29 is 40.5 Å². The van der Waals surface area contributed by atoms with Gasteiger partial charge < -0.3 is 30.9 Å². The maximum absolute atomic E-state index is 11.3. The third kappa shape index (κ3) is 8.80. The molecule has 6 rings (SSSR count). The van der Waals surface area contributed by atoms with Gasteiger partial charge in [0.25, 0.3) is 5.89 Å². The van der Waals surface area contributed by atoms with Crippen LogP contribution >= 0.6 is 0 Å². The van der Waals surface area contributed by atoms with Gasteiger partial charge in [0.15, 0.2) is 6.10 Å². The van der Waals surface area contributed by atoms with Crippen molar-refractivity contribution in [3.8, 4) is 11.5 Å². The minimum atomic E-state index is -0.459. The number of rotatable bonds is 5. The zero-order valence-electron chi connectivity index (χ0n) is 22.9. The minimum Gasteiger partial charge on any atom is -1.00 e. The average Bonchev–Trinajstić information content (AvgIpc) is 3.32. The molecule has 0 radical (unpaired) electrons. The first-order valence-corrected chi connectivity index (χ1v) is 13.1. The molecule has 1 atom stereocenters. The smallest absolute Gasteiger partial charge is 0.412 e. The molecule has 39 heavy (non-hydrogen) atoms. The van der Waals surface area contributed by atoms with Crippen LogP contribution < -0.4 is 17.7 Å². The largest absolute Gasteiger partial charge is 1.00 e. The lowest BCUT2D eigenvalue weighted by Crippen LogP contribution is -3.00. The molecular weight excluding hydrogens is 520 g/mol. The molecule has 1 N–H and O–H groups in total. The molecule has 210 valence electrons. The number of halogens is 1. The number of benzene rings is 2. The van der Waals surface area contributed by atoms with Gasteiger partial charge in [-0.25, -0.2) is 4.79 Å². The summed E-state index contributed by atoms with van der Waals surface area (Å²) < 4.78 is 17.0. The number of carbonyl (C=O) groups excluding carboxylic acids is 2. The summed E-state index contributed by atoms with van der Waals surface area (Å²) >= 11 is 0. The van der Waals surface area contributed by atoms with E-state index in [1.807, 2.05) is 81.4 Å². The van der Waals surface area contributed by atoms with Crippen molar-refractivity contribution in [1.29, 1.82) is 0 Å². The van der Waals surface area contributed by atoms with Gasteiger partial charge in [0.2, 0.25) is 5.82 Å². The third-order valence-electron chi connectivity index (χ3n) is 6.74. The highest BCUT2D eigenvalue weighted by Gasteiger charge is 2.48. The number of aromatic nitrogens is 2. The molecule has 1 amide bonds. The Hall–Kier alpha value is -3.43. The van der Waals surface area contributed by atoms with E-state index in [9.17, 15) is 9.59 Å². The molecule has 1 aromatic heterocycles. The minimum absolute atomic E-state index is 0. The molecule has 2 bridgehead atoms. The first kappa shape index (κ1) is 30.1. The summed E-state index contributed by atoms with van der Waals surface area (Å²) in [7, 11) is 0. The Bertz CT molecular complexity index is 1210. The van der Waals surface area contributed by atoms with Crippen LogP contribution in [0.2, 0.25) is 0 Å². The quantitative estimate of drug-likeness (QED) is 0.380. The van der Waals surface area contributed by atoms with Crippen LogP contribution in [0.5, 0.6) is 0 Å². The van der Waals surface area contributed by atoms with Gasteiger partial charge >= 0.3 is 12.1 Å². The molecule has 0 aliphatic carbocycles. The van der Waals surface area contributed by atoms with E-state index >= 15 is 0 Å². The molecule has 0 spiro atoms. The van der Waals surface area contributed by atoms with E-state index in [1.54, 1.807) is 0 Å². The number of nitrogens with zero attached hydrogens (tertiary/aromatic N) is 3. The fourth-order valence-electron chi connectivity index (χ4n) is 5.05. The molecule has 0 unspecified atom stereocenters. The Morgan fingerprint density at radius 2 is 1.64 bits per heavy atom. The lowest BCUT2D eigenvalue weighted by atomic mass is 9.83. The Labute approximate surface area is 235 Å². The third-order valence-corrected chi connectivity index (χ3v) is 6.74. The van der Waals surface area contributed by atoms with Crippen LogP contribution in [0.25, 0.3) is 11.5 Å². The zero-order valence-corrected chi connectivity index (χ0v) is 23.7. The van der Waals surface area contributed by atoms with Crippen molar-refractivity contribution in [1.82, 2.24) is 10.1 Å². The van der Waals surface area contributed by atoms with E-state index in [1.165, 1.54) is 6.92 Å². The number of piperidine rings is 3. The molecule has 4 heterocycles. The van der Waals surface area contributed by atoms with Crippen LogP contribution in [0.4, 0.5) is 10.5 Å². The number of carbonyl (C=O) groups is 2. The van der Waals surface area contributed by atoms with E-state index in [-0.39, 0.29) is 24.5 Å². The Kier molecular flexibility index (Phi) is 10.1. The number of hydrogen-bond donors (Lipinski definition) is 1. The molecule has 3 saturated heterocycles. The lowest BCUT2D eigenvalue weighted by molar-refractivity contribution is -0.958. The van der Waals surface area contributed by atoms with Crippen molar-refractivity contribution in [2.24, 2.45) is 5.92 Å². The van der Waals surface area contributed by atoms with Crippen LogP contribution in [0.3, 0.4) is 0 Å². The Morgan fingerprint density at radius 1 is 1.03 bits per heavy atom. The zero-order chi connectivity index (χ0) is 27.2. The number of hydrogen-bond acceptors (Lipinski definition) is 7. The van der Waals surface area contributed by atoms with E-state index in [0.717, 1.165) is 60.6 Å². The van der Waals surface area contributed by atoms with Crippen molar-refractivity contribution >= 4 is 17.7 Å². The van der Waals surface area contributed by atoms with Crippen molar-refractivity contribution in [2.75, 3.05) is 25.0 Å². The summed E-state index contributed by atoms with van der Waals surface area (Å²) in [5.41, 5.74) is 1.21. The highest BCUT2D eigenvalue weighted by atomic mass is 35.5. The van der Waals surface area contributed by atoms with Gasteiger partial charge in [-0.1, -0.05) is 41.6 Å². The number of ether oxygens (including phenoxy) is 2. The number of nitrogens with one attached hydrogen (secondary N) is 1. The predicted molar refractivity (Wildman–Crippen MR) is 143 cm³/mol. The number of para-hydroxylation sites is 1. The summed E-state index contributed by atoms with van der Waals surface area (Å²) in [5.74, 6) is 1.62. The number of fused-ring (bicyclic) bond motifs is 3. The van der Waals surface area contributed by atoms with Crippen LogP contribution in [0.1, 0.15) is 46.4 Å². The average molecular weight is 557 g/mol. The Balaban J connectivity index is 0.000000242. The SMILES string of the molecule is CC(=O)O[C@H]1C[N+]2(Cc3noc(-c4ccccc4)n3)CCC1CC2.CC(C)(C)OC(=O)Nc1ccccc1.[Cl-]. The highest BCUT2D eigenvalue weighted by Crippen LogP contribution is 2.37. The first-order valence-electron chi connectivity index (χ1n) is 13.1. The van der Waals surface area contributed by atoms with Crippen LogP contribution in [0.15, 0.2) is 65.2 Å². The number of esters is 1. The van der Waals surface area contributed by atoms with Gasteiger partial charge in [-0.05, 0) is 45.0 Å². The molecule has 0 saturated carbocycles. The molecule has 3 aliphatic rings. The summed E-state index contributed by atoms with van der Waals surface area (Å²) in [4.78, 5) is 27.2. The van der Waals surface area contributed by atoms with Crippen LogP contribution in [-0.2, 0) is 20.8 Å². The molecule has 10 heteroatoms. The van der Waals surface area contributed by atoms with E-state index in [2.05, 4.69) is 15.5 Å². The van der Waals surface area contributed by atoms with E-state index in [0.29, 0.717) is 11.8 Å². The molecule has 3 aromatic rings. The second-order valence-electron chi connectivity index (χ2n) is 11.0. The molecule has 3 aliphatic heterocycles. The molecule has 2 aromatic carbocycles. The van der Waals surface area contributed by atoms with Gasteiger partial charge in [0.1, 0.15) is 18.7 Å². The highest BCUT2D eigenvalue weighted by molar-refractivity contribution is 5.84. The second-order valence-corrected chi connectivity index (χ2v) is 11.0. The second kappa shape index (κ2) is 13.1. The van der Waals surface area contributed by atoms with Crippen molar-refractivity contribution in [3.63, 3.8) is 0 Å². The maximum Gasteiger partial charge on any atom is 0.412 e. The fraction of sp³-hybridized carbons (Fsp3) is 0.448. The summed E-state index contributed by atoms with van der Waals surface area (Å²) in [6.07, 6.45) is 1.80. The van der Waals surface area contributed by atoms with Gasteiger partial charge in [-0.15, -0.1) is 0 Å². The van der Waals surface area contributed by atoms with Gasteiger partial charge in [-0.2, -0.15) is 4.98 Å². The van der Waals surface area contributed by atoms with Crippen molar-refractivity contribution in [2.45, 2.75) is 58.8 Å². The van der Waals surface area contributed by atoms with Gasteiger partial charge in [-0.3, -0.25) is 10.1 Å². The number of anilines is 1. The monoisotopic (exact) mass is 556 g/mol. The molecule has 3 fully saturated rings. The van der Waals surface area contributed by atoms with Gasteiger partial charge in [0.05, 0.1) is 13.1 Å². The van der Waals surface area contributed by atoms with Crippen LogP contribution in [-0.4, -0.2) is 58.0 Å². The normalized spacial score (nSPS) is 21.5. The first-order chi connectivity index (χ1) is 18.1. The number of amides is 1. The topological polar surface area (TPSA) is 104 Å². The standard InChI is InChI=1S/C18H22N3O3.C11H15NO2.ClH/c1-13(22)23-16-11-21(9-7-14(16)8-10-21)12-17-19-18(24-20-17)15-5-3-2-4-6-15;1-11(2,3)14-10(13)12-9-7-5-4-6-8-9;/h2-6,14,16H,7-12H2,1H3;4-8H,1-3H3,(H,12,13);1H/q+1;;/p-1/t14?,16-,21?;;/m0../s1. The van der Waals surface area contributed by atoms with E-state index < -0.39 is 11.7 Å². The number of quaternary nitrogens is 1. The summed E-state index contributed by atoms with van der Waals surface area (Å²) in [6, 6.07) is 19.0. The molecule has 9 nitrogen and oxygen atoms in total. The maximum atomic E-state index is 11.3. The fourth-order valence-corrected chi connectivity index (χ4v) is 5.05. The Morgan fingerprint density at radius 3 is 2.23 bits per heavy atom. The van der Waals surface area contributed by atoms with Crippen LogP contribution in [0, 0.1) is 5.92 Å². The van der Waals surface area contributed by atoms with Crippen molar-refractivity contribution in [3.05, 3.63) is 66.5 Å².